The maximum atomic E-state index is 13.2. The number of hydrogen-bond acceptors (Lipinski definition) is 5. The number of rotatable bonds is 6. The third-order valence-electron chi connectivity index (χ3n) is 6.79. The van der Waals surface area contributed by atoms with Crippen LogP contribution < -0.4 is 5.32 Å². The van der Waals surface area contributed by atoms with Gasteiger partial charge in [0, 0.05) is 49.1 Å². The predicted octanol–water partition coefficient (Wildman–Crippen LogP) is 4.69. The zero-order valence-electron chi connectivity index (χ0n) is 19.7. The van der Waals surface area contributed by atoms with Crippen LogP contribution in [-0.4, -0.2) is 39.8 Å². The molecule has 1 unspecified atom stereocenters. The van der Waals surface area contributed by atoms with Gasteiger partial charge in [0.25, 0.3) is 5.91 Å². The molecule has 7 heteroatoms. The summed E-state index contributed by atoms with van der Waals surface area (Å²) in [6, 6.07) is 18.9. The van der Waals surface area contributed by atoms with Gasteiger partial charge in [0.05, 0.1) is 0 Å². The summed E-state index contributed by atoms with van der Waals surface area (Å²) in [6.45, 7) is 3.72. The predicted molar refractivity (Wildman–Crippen MR) is 133 cm³/mol. The first-order valence-corrected chi connectivity index (χ1v) is 12.0. The van der Waals surface area contributed by atoms with Crippen molar-refractivity contribution in [3.63, 3.8) is 0 Å². The fraction of sp³-hybridized carbons (Fsp3) is 0.286. The third-order valence-corrected chi connectivity index (χ3v) is 6.79. The number of carbonyl (C=O) groups is 2. The van der Waals surface area contributed by atoms with Crippen LogP contribution in [0.5, 0.6) is 0 Å². The zero-order chi connectivity index (χ0) is 24.2. The fourth-order valence-electron chi connectivity index (χ4n) is 4.61. The fourth-order valence-corrected chi connectivity index (χ4v) is 4.61. The number of fused-ring (bicyclic) bond motifs is 1. The molecule has 7 nitrogen and oxygen atoms in total. The zero-order valence-corrected chi connectivity index (χ0v) is 19.7. The lowest BCUT2D eigenvalue weighted by Crippen LogP contribution is -2.42. The molecule has 2 amide bonds. The van der Waals surface area contributed by atoms with Gasteiger partial charge in [-0.3, -0.25) is 14.6 Å². The second-order valence-electron chi connectivity index (χ2n) is 9.06. The Balaban J connectivity index is 1.18. The van der Waals surface area contributed by atoms with E-state index in [1.54, 1.807) is 18.5 Å². The van der Waals surface area contributed by atoms with Crippen LogP contribution in [-0.2, 0) is 11.3 Å². The molecular formula is C28H28N4O3. The first kappa shape index (κ1) is 22.8. The highest BCUT2D eigenvalue weighted by Gasteiger charge is 2.30. The Kier molecular flexibility index (Phi) is 6.57. The molecule has 0 spiro atoms. The second kappa shape index (κ2) is 10.1. The minimum atomic E-state index is -0.106. The molecule has 35 heavy (non-hydrogen) atoms. The van der Waals surface area contributed by atoms with Crippen LogP contribution in [0.25, 0.3) is 22.6 Å². The topological polar surface area (TPSA) is 88.3 Å². The van der Waals surface area contributed by atoms with E-state index in [1.807, 2.05) is 66.4 Å². The van der Waals surface area contributed by atoms with Crippen molar-refractivity contribution in [1.29, 1.82) is 0 Å². The van der Waals surface area contributed by atoms with Gasteiger partial charge in [-0.25, -0.2) is 4.98 Å². The van der Waals surface area contributed by atoms with E-state index in [2.05, 4.69) is 15.3 Å². The van der Waals surface area contributed by atoms with Gasteiger partial charge in [0.15, 0.2) is 5.58 Å². The SMILES string of the molecule is CC(C(=O)NCc1cccnc1)C1CCN(C(=O)c2ccc3nc(-c4ccccc4)oc3c2)CC1. The number of likely N-dealkylation sites (tertiary alicyclic amines) is 1. The summed E-state index contributed by atoms with van der Waals surface area (Å²) >= 11 is 0. The summed E-state index contributed by atoms with van der Waals surface area (Å²) in [4.78, 5) is 36.3. The number of oxazole rings is 1. The summed E-state index contributed by atoms with van der Waals surface area (Å²) < 4.78 is 5.93. The number of aromatic nitrogens is 2. The minimum absolute atomic E-state index is 0.0170. The molecule has 1 aliphatic rings. The molecule has 2 aromatic carbocycles. The number of hydrogen-bond donors (Lipinski definition) is 1. The molecule has 1 N–H and O–H groups in total. The molecular weight excluding hydrogens is 440 g/mol. The maximum absolute atomic E-state index is 13.2. The smallest absolute Gasteiger partial charge is 0.253 e. The first-order chi connectivity index (χ1) is 17.1. The number of pyridine rings is 1. The van der Waals surface area contributed by atoms with Crippen molar-refractivity contribution in [3.8, 4) is 11.5 Å². The molecule has 0 aliphatic carbocycles. The third kappa shape index (κ3) is 5.09. The monoisotopic (exact) mass is 468 g/mol. The number of carbonyl (C=O) groups excluding carboxylic acids is 2. The maximum Gasteiger partial charge on any atom is 0.253 e. The van der Waals surface area contributed by atoms with Crippen LogP contribution in [0.2, 0.25) is 0 Å². The van der Waals surface area contributed by atoms with Crippen molar-refractivity contribution in [2.75, 3.05) is 13.1 Å². The lowest BCUT2D eigenvalue weighted by atomic mass is 9.84. The molecule has 4 aromatic rings. The van der Waals surface area contributed by atoms with Crippen LogP contribution in [0.1, 0.15) is 35.7 Å². The summed E-state index contributed by atoms with van der Waals surface area (Å²) in [5.74, 6) is 0.714. The van der Waals surface area contributed by atoms with Gasteiger partial charge >= 0.3 is 0 Å². The molecule has 1 saturated heterocycles. The Hall–Kier alpha value is -4.00. The van der Waals surface area contributed by atoms with Gasteiger partial charge in [-0.15, -0.1) is 0 Å². The Morgan fingerprint density at radius 3 is 2.63 bits per heavy atom. The molecule has 1 fully saturated rings. The van der Waals surface area contributed by atoms with Crippen molar-refractivity contribution in [2.45, 2.75) is 26.3 Å². The van der Waals surface area contributed by atoms with Gasteiger partial charge in [-0.1, -0.05) is 31.2 Å². The highest BCUT2D eigenvalue weighted by molar-refractivity contribution is 5.97. The van der Waals surface area contributed by atoms with E-state index in [4.69, 9.17) is 4.42 Å². The molecule has 178 valence electrons. The van der Waals surface area contributed by atoms with Crippen LogP contribution in [0.4, 0.5) is 0 Å². The summed E-state index contributed by atoms with van der Waals surface area (Å²) in [5, 5.41) is 3.01. The Morgan fingerprint density at radius 2 is 1.89 bits per heavy atom. The van der Waals surface area contributed by atoms with E-state index in [1.165, 1.54) is 0 Å². The lowest BCUT2D eigenvalue weighted by Gasteiger charge is -2.34. The summed E-state index contributed by atoms with van der Waals surface area (Å²) in [5.41, 5.74) is 3.80. The average Bonchev–Trinajstić information content (AvgIpc) is 3.36. The van der Waals surface area contributed by atoms with E-state index >= 15 is 0 Å². The molecule has 1 atom stereocenters. The molecule has 1 aliphatic heterocycles. The van der Waals surface area contributed by atoms with Gasteiger partial charge < -0.3 is 14.6 Å². The van der Waals surface area contributed by atoms with Crippen molar-refractivity contribution in [1.82, 2.24) is 20.2 Å². The van der Waals surface area contributed by atoms with Gasteiger partial charge in [-0.2, -0.15) is 0 Å². The number of piperidine rings is 1. The molecule has 0 radical (unpaired) electrons. The molecule has 0 saturated carbocycles. The Morgan fingerprint density at radius 1 is 1.09 bits per heavy atom. The van der Waals surface area contributed by atoms with Gasteiger partial charge in [0.2, 0.25) is 11.8 Å². The minimum Gasteiger partial charge on any atom is -0.436 e. The largest absolute Gasteiger partial charge is 0.436 e. The first-order valence-electron chi connectivity index (χ1n) is 12.0. The van der Waals surface area contributed by atoms with E-state index < -0.39 is 0 Å². The number of nitrogens with one attached hydrogen (secondary N) is 1. The normalized spacial score (nSPS) is 15.2. The highest BCUT2D eigenvalue weighted by atomic mass is 16.3. The molecule has 2 aromatic heterocycles. The van der Waals surface area contributed by atoms with Gasteiger partial charge in [-0.05, 0) is 60.7 Å². The van der Waals surface area contributed by atoms with Crippen molar-refractivity contribution >= 4 is 22.9 Å². The average molecular weight is 469 g/mol. The van der Waals surface area contributed by atoms with E-state index in [0.717, 1.165) is 29.5 Å². The Labute approximate surface area is 204 Å². The molecule has 3 heterocycles. The number of nitrogens with zero attached hydrogens (tertiary/aromatic N) is 3. The molecule has 0 bridgehead atoms. The van der Waals surface area contributed by atoms with Crippen molar-refractivity contribution in [3.05, 3.63) is 84.2 Å². The molecule has 5 rings (SSSR count). The summed E-state index contributed by atoms with van der Waals surface area (Å²) in [7, 11) is 0. The standard InChI is InChI=1S/C28H28N4O3/c1-19(26(33)30-18-20-6-5-13-29-17-20)21-11-14-32(15-12-21)28(34)23-9-10-24-25(16-23)35-27(31-24)22-7-3-2-4-8-22/h2-10,13,16-17,19,21H,11-12,14-15,18H2,1H3,(H,30,33). The quantitative estimate of drug-likeness (QED) is 0.443. The Bertz CT molecular complexity index is 1310. The summed E-state index contributed by atoms with van der Waals surface area (Å²) in [6.07, 6.45) is 5.08. The lowest BCUT2D eigenvalue weighted by molar-refractivity contribution is -0.126. The van der Waals surface area contributed by atoms with E-state index in [9.17, 15) is 9.59 Å². The van der Waals surface area contributed by atoms with Crippen molar-refractivity contribution < 1.29 is 14.0 Å². The van der Waals surface area contributed by atoms with E-state index in [0.29, 0.717) is 36.7 Å². The van der Waals surface area contributed by atoms with Crippen LogP contribution in [0, 0.1) is 11.8 Å². The van der Waals surface area contributed by atoms with Crippen LogP contribution >= 0.6 is 0 Å². The van der Waals surface area contributed by atoms with Crippen molar-refractivity contribution in [2.24, 2.45) is 11.8 Å². The van der Waals surface area contributed by atoms with Gasteiger partial charge in [0.1, 0.15) is 5.52 Å². The van der Waals surface area contributed by atoms with Crippen LogP contribution in [0.15, 0.2) is 77.5 Å². The highest BCUT2D eigenvalue weighted by Crippen LogP contribution is 2.28. The van der Waals surface area contributed by atoms with E-state index in [-0.39, 0.29) is 23.7 Å². The number of benzene rings is 2. The van der Waals surface area contributed by atoms with Crippen LogP contribution in [0.3, 0.4) is 0 Å². The number of amides is 2. The second-order valence-corrected chi connectivity index (χ2v) is 9.06.